The average molecular weight is 411 g/mol. The Kier molecular flexibility index (Phi) is 14.3. The Bertz CT molecular complexity index is 460. The van der Waals surface area contributed by atoms with Gasteiger partial charge in [0.15, 0.2) is 0 Å². The third-order valence-electron chi connectivity index (χ3n) is 6.54. The topological polar surface area (TPSA) is 77.8 Å². The predicted molar refractivity (Wildman–Crippen MR) is 120 cm³/mol. The average Bonchev–Trinajstić information content (AvgIpc) is 3.04. The van der Waals surface area contributed by atoms with E-state index in [1.54, 1.807) is 0 Å². The number of unbranched alkanes of at least 4 members (excludes halogenated alkanes) is 6. The van der Waals surface area contributed by atoms with E-state index in [1.165, 1.54) is 18.4 Å². The second-order valence-electron chi connectivity index (χ2n) is 9.05. The zero-order valence-corrected chi connectivity index (χ0v) is 19.0. The highest BCUT2D eigenvalue weighted by Gasteiger charge is 2.29. The van der Waals surface area contributed by atoms with Gasteiger partial charge in [-0.15, -0.1) is 0 Å². The number of carbonyl (C=O) groups is 1. The van der Waals surface area contributed by atoms with Crippen LogP contribution in [0.5, 0.6) is 0 Å². The molecule has 3 N–H and O–H groups in total. The number of aliphatic hydroxyl groups is 2. The maximum Gasteiger partial charge on any atom is 0.306 e. The van der Waals surface area contributed by atoms with E-state index in [2.05, 4.69) is 19.9 Å². The number of rotatable bonds is 17. The highest BCUT2D eigenvalue weighted by atomic mass is 16.4. The van der Waals surface area contributed by atoms with Crippen LogP contribution in [-0.2, 0) is 4.79 Å². The Hall–Kier alpha value is -0.870. The summed E-state index contributed by atoms with van der Waals surface area (Å²) >= 11 is 0. The fourth-order valence-electron chi connectivity index (χ4n) is 4.58. The number of carboxylic acid groups (broad SMARTS) is 1. The van der Waals surface area contributed by atoms with Crippen molar-refractivity contribution in [3.05, 3.63) is 11.6 Å². The lowest BCUT2D eigenvalue weighted by Gasteiger charge is -2.17. The van der Waals surface area contributed by atoms with Crippen LogP contribution in [0, 0.1) is 11.8 Å². The first-order valence-corrected chi connectivity index (χ1v) is 12.3. The van der Waals surface area contributed by atoms with Gasteiger partial charge in [-0.25, -0.2) is 0 Å². The molecule has 1 fully saturated rings. The molecule has 1 aliphatic rings. The van der Waals surface area contributed by atoms with E-state index in [-0.39, 0.29) is 24.0 Å². The van der Waals surface area contributed by atoms with Crippen molar-refractivity contribution >= 4 is 5.97 Å². The van der Waals surface area contributed by atoms with E-state index in [9.17, 15) is 20.1 Å². The Morgan fingerprint density at radius 1 is 1.00 bits per heavy atom. The van der Waals surface area contributed by atoms with Crippen molar-refractivity contribution in [2.24, 2.45) is 11.8 Å². The quantitative estimate of drug-likeness (QED) is 0.196. The van der Waals surface area contributed by atoms with Gasteiger partial charge in [0.25, 0.3) is 0 Å². The van der Waals surface area contributed by atoms with Gasteiger partial charge in [0, 0.05) is 5.92 Å². The van der Waals surface area contributed by atoms with Crippen LogP contribution in [0.15, 0.2) is 11.6 Å². The van der Waals surface area contributed by atoms with Gasteiger partial charge in [-0.05, 0) is 44.9 Å². The molecule has 0 amide bonds. The van der Waals surface area contributed by atoms with Gasteiger partial charge in [-0.1, -0.05) is 83.3 Å². The van der Waals surface area contributed by atoms with E-state index >= 15 is 0 Å². The SMILES string of the molecule is CCCCCC(O)CC=C1CC[C@@H](O)[C@@H]1CCCCCC(CCCCC)C(=O)O. The summed E-state index contributed by atoms with van der Waals surface area (Å²) in [6.07, 6.45) is 17.3. The number of aliphatic hydroxyl groups excluding tert-OH is 2. The largest absolute Gasteiger partial charge is 0.481 e. The van der Waals surface area contributed by atoms with Crippen molar-refractivity contribution in [3.63, 3.8) is 0 Å². The summed E-state index contributed by atoms with van der Waals surface area (Å²) in [5.41, 5.74) is 1.33. The van der Waals surface area contributed by atoms with Gasteiger partial charge in [0.2, 0.25) is 0 Å². The zero-order chi connectivity index (χ0) is 21.5. The van der Waals surface area contributed by atoms with E-state index < -0.39 is 5.97 Å². The molecule has 0 aromatic heterocycles. The first-order chi connectivity index (χ1) is 14.0. The lowest BCUT2D eigenvalue weighted by atomic mass is 9.91. The van der Waals surface area contributed by atoms with E-state index in [4.69, 9.17) is 0 Å². The van der Waals surface area contributed by atoms with Crippen LogP contribution >= 0.6 is 0 Å². The molecule has 0 saturated heterocycles. The summed E-state index contributed by atoms with van der Waals surface area (Å²) in [6.45, 7) is 4.32. The van der Waals surface area contributed by atoms with E-state index in [0.717, 1.165) is 83.5 Å². The van der Waals surface area contributed by atoms with Crippen LogP contribution < -0.4 is 0 Å². The van der Waals surface area contributed by atoms with Crippen LogP contribution in [-0.4, -0.2) is 33.5 Å². The minimum atomic E-state index is -0.643. The van der Waals surface area contributed by atoms with Crippen molar-refractivity contribution in [1.29, 1.82) is 0 Å². The smallest absolute Gasteiger partial charge is 0.306 e. The van der Waals surface area contributed by atoms with Crippen molar-refractivity contribution in [2.75, 3.05) is 0 Å². The monoisotopic (exact) mass is 410 g/mol. The van der Waals surface area contributed by atoms with Crippen LogP contribution in [0.3, 0.4) is 0 Å². The fraction of sp³-hybridized carbons (Fsp3) is 0.880. The second-order valence-corrected chi connectivity index (χ2v) is 9.05. The third kappa shape index (κ3) is 11.2. The van der Waals surface area contributed by atoms with Gasteiger partial charge < -0.3 is 15.3 Å². The molecule has 0 radical (unpaired) electrons. The minimum absolute atomic E-state index is 0.191. The number of hydrogen-bond donors (Lipinski definition) is 3. The Morgan fingerprint density at radius 2 is 1.62 bits per heavy atom. The molecule has 0 heterocycles. The Morgan fingerprint density at radius 3 is 2.24 bits per heavy atom. The molecule has 4 heteroatoms. The molecule has 4 nitrogen and oxygen atoms in total. The maximum atomic E-state index is 11.4. The summed E-state index contributed by atoms with van der Waals surface area (Å²) < 4.78 is 0. The molecule has 4 atom stereocenters. The Balaban J connectivity index is 2.31. The zero-order valence-electron chi connectivity index (χ0n) is 19.0. The predicted octanol–water partition coefficient (Wildman–Crippen LogP) is 6.25. The maximum absolute atomic E-state index is 11.4. The molecular formula is C25H46O4. The molecule has 0 aromatic carbocycles. The normalized spacial score (nSPS) is 22.8. The number of hydrogen-bond acceptors (Lipinski definition) is 3. The second kappa shape index (κ2) is 15.9. The van der Waals surface area contributed by atoms with Crippen molar-refractivity contribution < 1.29 is 20.1 Å². The van der Waals surface area contributed by atoms with E-state index in [0.29, 0.717) is 6.42 Å². The molecule has 0 bridgehead atoms. The lowest BCUT2D eigenvalue weighted by Crippen LogP contribution is -2.15. The standard InChI is InChI=1S/C25H46O4/c1-3-5-8-12-21(25(28)29)13-10-7-11-15-23-20(17-19-24(23)27)16-18-22(26)14-9-6-4-2/h16,21-24,26-27H,3-15,17-19H2,1-2H3,(H,28,29)/t21?,22?,23-,24-/m1/s1. The van der Waals surface area contributed by atoms with Gasteiger partial charge in [-0.2, -0.15) is 0 Å². The molecule has 0 aliphatic heterocycles. The van der Waals surface area contributed by atoms with Crippen molar-refractivity contribution in [2.45, 2.75) is 129 Å². The van der Waals surface area contributed by atoms with Crippen LogP contribution in [0.25, 0.3) is 0 Å². The number of carboxylic acids is 1. The van der Waals surface area contributed by atoms with E-state index in [1.807, 2.05) is 0 Å². The summed E-state index contributed by atoms with van der Waals surface area (Å²) in [5.74, 6) is -0.601. The minimum Gasteiger partial charge on any atom is -0.481 e. The molecule has 0 spiro atoms. The highest BCUT2D eigenvalue weighted by Crippen LogP contribution is 2.36. The summed E-state index contributed by atoms with van der Waals surface area (Å²) in [7, 11) is 0. The van der Waals surface area contributed by atoms with Crippen LogP contribution in [0.1, 0.15) is 117 Å². The Labute approximate surface area is 178 Å². The molecule has 1 aliphatic carbocycles. The van der Waals surface area contributed by atoms with Crippen molar-refractivity contribution in [1.82, 2.24) is 0 Å². The first kappa shape index (κ1) is 26.2. The molecule has 1 saturated carbocycles. The van der Waals surface area contributed by atoms with Gasteiger partial charge in [0.1, 0.15) is 0 Å². The summed E-state index contributed by atoms with van der Waals surface area (Å²) in [5, 5.41) is 29.9. The third-order valence-corrected chi connectivity index (χ3v) is 6.54. The molecular weight excluding hydrogens is 364 g/mol. The van der Waals surface area contributed by atoms with Crippen LogP contribution in [0.4, 0.5) is 0 Å². The lowest BCUT2D eigenvalue weighted by molar-refractivity contribution is -0.142. The molecule has 170 valence electrons. The fourth-order valence-corrected chi connectivity index (χ4v) is 4.58. The van der Waals surface area contributed by atoms with Gasteiger partial charge in [0.05, 0.1) is 18.1 Å². The van der Waals surface area contributed by atoms with Crippen LogP contribution in [0.2, 0.25) is 0 Å². The van der Waals surface area contributed by atoms with Gasteiger partial charge >= 0.3 is 5.97 Å². The number of aliphatic carboxylic acids is 1. The summed E-state index contributed by atoms with van der Waals surface area (Å²) in [6, 6.07) is 0. The molecule has 2 unspecified atom stereocenters. The van der Waals surface area contributed by atoms with Gasteiger partial charge in [-0.3, -0.25) is 4.79 Å². The highest BCUT2D eigenvalue weighted by molar-refractivity contribution is 5.69. The molecule has 1 rings (SSSR count). The summed E-state index contributed by atoms with van der Waals surface area (Å²) in [4.78, 5) is 11.4. The first-order valence-electron chi connectivity index (χ1n) is 12.3. The molecule has 0 aromatic rings. The van der Waals surface area contributed by atoms with Crippen molar-refractivity contribution in [3.8, 4) is 0 Å². The molecule has 29 heavy (non-hydrogen) atoms.